The largest absolute Gasteiger partial charge is 0.397 e. The van der Waals surface area contributed by atoms with Crippen LogP contribution in [-0.2, 0) is 0 Å². The van der Waals surface area contributed by atoms with Gasteiger partial charge in [0.05, 0.1) is 11.4 Å². The lowest BCUT2D eigenvalue weighted by atomic mass is 9.98. The Balaban J connectivity index is 2.15. The van der Waals surface area contributed by atoms with Crippen molar-refractivity contribution in [1.82, 2.24) is 5.32 Å². The van der Waals surface area contributed by atoms with Gasteiger partial charge in [0.2, 0.25) is 0 Å². The van der Waals surface area contributed by atoms with Crippen molar-refractivity contribution in [3.05, 3.63) is 23.8 Å². The molecular weight excluding hydrogens is 254 g/mol. The molecular formula is C15H23N3O2. The van der Waals surface area contributed by atoms with Gasteiger partial charge in [0.25, 0.3) is 5.91 Å². The van der Waals surface area contributed by atoms with Gasteiger partial charge in [0, 0.05) is 31.8 Å². The van der Waals surface area contributed by atoms with Crippen LogP contribution in [0.15, 0.2) is 18.2 Å². The van der Waals surface area contributed by atoms with Gasteiger partial charge in [-0.2, -0.15) is 0 Å². The Morgan fingerprint density at radius 3 is 3.00 bits per heavy atom. The van der Waals surface area contributed by atoms with E-state index in [2.05, 4.69) is 10.2 Å². The number of hydrogen-bond donors (Lipinski definition) is 3. The summed E-state index contributed by atoms with van der Waals surface area (Å²) in [5.74, 6) is 0.212. The molecule has 1 atom stereocenters. The molecule has 1 heterocycles. The number of hydrogen-bond acceptors (Lipinski definition) is 4. The molecule has 0 aromatic heterocycles. The van der Waals surface area contributed by atoms with Crippen LogP contribution in [0.1, 0.15) is 30.1 Å². The molecule has 0 bridgehead atoms. The topological polar surface area (TPSA) is 78.6 Å². The molecule has 1 aromatic carbocycles. The van der Waals surface area contributed by atoms with Crippen LogP contribution in [0.4, 0.5) is 11.4 Å². The Morgan fingerprint density at radius 2 is 2.35 bits per heavy atom. The summed E-state index contributed by atoms with van der Waals surface area (Å²) in [5.41, 5.74) is 8.25. The number of anilines is 2. The Hall–Kier alpha value is -1.75. The maximum atomic E-state index is 11.8. The maximum Gasteiger partial charge on any atom is 0.251 e. The van der Waals surface area contributed by atoms with Crippen LogP contribution in [0.3, 0.4) is 0 Å². The van der Waals surface area contributed by atoms with Gasteiger partial charge in [-0.3, -0.25) is 4.79 Å². The van der Waals surface area contributed by atoms with E-state index in [1.165, 1.54) is 0 Å². The maximum absolute atomic E-state index is 11.8. The fraction of sp³-hybridized carbons (Fsp3) is 0.533. The van der Waals surface area contributed by atoms with Crippen LogP contribution in [0, 0.1) is 5.92 Å². The van der Waals surface area contributed by atoms with E-state index >= 15 is 0 Å². The summed E-state index contributed by atoms with van der Waals surface area (Å²) in [6, 6.07) is 5.43. The highest BCUT2D eigenvalue weighted by Gasteiger charge is 2.21. The lowest BCUT2D eigenvalue weighted by Gasteiger charge is -2.34. The number of benzene rings is 1. The molecule has 1 fully saturated rings. The van der Waals surface area contributed by atoms with Gasteiger partial charge in [0.15, 0.2) is 0 Å². The van der Waals surface area contributed by atoms with E-state index < -0.39 is 0 Å². The van der Waals surface area contributed by atoms with Crippen LogP contribution in [0.25, 0.3) is 0 Å². The molecule has 0 radical (unpaired) electrons. The minimum absolute atomic E-state index is 0.0994. The van der Waals surface area contributed by atoms with Crippen molar-refractivity contribution in [3.8, 4) is 0 Å². The molecule has 5 heteroatoms. The fourth-order valence-corrected chi connectivity index (χ4v) is 2.68. The molecule has 20 heavy (non-hydrogen) atoms. The van der Waals surface area contributed by atoms with Crippen LogP contribution >= 0.6 is 0 Å². The first-order valence-corrected chi connectivity index (χ1v) is 7.19. The Bertz CT molecular complexity index is 476. The van der Waals surface area contributed by atoms with Crippen molar-refractivity contribution >= 4 is 17.3 Å². The van der Waals surface area contributed by atoms with Gasteiger partial charge in [-0.25, -0.2) is 0 Å². The number of aliphatic hydroxyl groups is 1. The quantitative estimate of drug-likeness (QED) is 0.723. The monoisotopic (exact) mass is 277 g/mol. The molecule has 2 rings (SSSR count). The van der Waals surface area contributed by atoms with Gasteiger partial charge in [0.1, 0.15) is 0 Å². The number of piperidine rings is 1. The Kier molecular flexibility index (Phi) is 4.84. The fourth-order valence-electron chi connectivity index (χ4n) is 2.68. The normalized spacial score (nSPS) is 18.9. The number of nitrogens with zero attached hydrogens (tertiary/aromatic N) is 1. The van der Waals surface area contributed by atoms with E-state index in [0.717, 1.165) is 31.6 Å². The minimum Gasteiger partial charge on any atom is -0.397 e. The van der Waals surface area contributed by atoms with Gasteiger partial charge >= 0.3 is 0 Å². The number of rotatable bonds is 4. The van der Waals surface area contributed by atoms with E-state index in [9.17, 15) is 9.90 Å². The number of carbonyl (C=O) groups excluding carboxylic acids is 1. The molecule has 5 nitrogen and oxygen atoms in total. The Morgan fingerprint density at radius 1 is 1.55 bits per heavy atom. The van der Waals surface area contributed by atoms with Crippen molar-refractivity contribution < 1.29 is 9.90 Å². The Labute approximate surface area is 119 Å². The third-order valence-electron chi connectivity index (χ3n) is 3.74. The van der Waals surface area contributed by atoms with Crippen LogP contribution in [0.5, 0.6) is 0 Å². The van der Waals surface area contributed by atoms with Crippen molar-refractivity contribution in [2.75, 3.05) is 36.9 Å². The second-order valence-corrected chi connectivity index (χ2v) is 5.27. The number of nitrogen functional groups attached to an aromatic ring is 1. The smallest absolute Gasteiger partial charge is 0.251 e. The van der Waals surface area contributed by atoms with Gasteiger partial charge in [-0.15, -0.1) is 0 Å². The number of nitrogens with two attached hydrogens (primary N) is 1. The van der Waals surface area contributed by atoms with Crippen molar-refractivity contribution in [3.63, 3.8) is 0 Å². The zero-order chi connectivity index (χ0) is 14.5. The number of carbonyl (C=O) groups is 1. The second-order valence-electron chi connectivity index (χ2n) is 5.27. The summed E-state index contributed by atoms with van der Waals surface area (Å²) in [5, 5.41) is 12.1. The summed E-state index contributed by atoms with van der Waals surface area (Å²) < 4.78 is 0. The summed E-state index contributed by atoms with van der Waals surface area (Å²) >= 11 is 0. The van der Waals surface area contributed by atoms with Gasteiger partial charge in [-0.05, 0) is 43.9 Å². The third-order valence-corrected chi connectivity index (χ3v) is 3.74. The highest BCUT2D eigenvalue weighted by Crippen LogP contribution is 2.28. The first-order chi connectivity index (χ1) is 9.65. The zero-order valence-electron chi connectivity index (χ0n) is 11.9. The summed E-state index contributed by atoms with van der Waals surface area (Å²) in [6.07, 6.45) is 2.12. The van der Waals surface area contributed by atoms with E-state index in [4.69, 9.17) is 5.73 Å². The number of amides is 1. The SMILES string of the molecule is CCNC(=O)c1ccc(N2CCCC(CO)C2)c(N)c1. The molecule has 1 aliphatic heterocycles. The lowest BCUT2D eigenvalue weighted by Crippen LogP contribution is -2.37. The average molecular weight is 277 g/mol. The second kappa shape index (κ2) is 6.61. The molecule has 0 saturated carbocycles. The number of aliphatic hydroxyl groups excluding tert-OH is 1. The first kappa shape index (κ1) is 14.7. The van der Waals surface area contributed by atoms with Crippen molar-refractivity contribution in [1.29, 1.82) is 0 Å². The molecule has 0 aliphatic carbocycles. The van der Waals surface area contributed by atoms with Crippen LogP contribution < -0.4 is 16.0 Å². The van der Waals surface area contributed by atoms with Crippen molar-refractivity contribution in [2.45, 2.75) is 19.8 Å². The van der Waals surface area contributed by atoms with Crippen LogP contribution in [-0.4, -0.2) is 37.3 Å². The summed E-state index contributed by atoms with van der Waals surface area (Å²) in [7, 11) is 0. The molecule has 0 spiro atoms. The highest BCUT2D eigenvalue weighted by atomic mass is 16.3. The lowest BCUT2D eigenvalue weighted by molar-refractivity contribution is 0.0956. The molecule has 1 aromatic rings. The molecule has 4 N–H and O–H groups in total. The molecule has 1 aliphatic rings. The number of nitrogens with one attached hydrogen (secondary N) is 1. The molecule has 1 unspecified atom stereocenters. The highest BCUT2D eigenvalue weighted by molar-refractivity contribution is 5.96. The molecule has 110 valence electrons. The summed E-state index contributed by atoms with van der Waals surface area (Å²) in [4.78, 5) is 14.0. The predicted octanol–water partition coefficient (Wildman–Crippen LogP) is 1.23. The minimum atomic E-state index is -0.0994. The van der Waals surface area contributed by atoms with Crippen LogP contribution in [0.2, 0.25) is 0 Å². The summed E-state index contributed by atoms with van der Waals surface area (Å²) in [6.45, 7) is 4.47. The van der Waals surface area contributed by atoms with E-state index in [1.54, 1.807) is 12.1 Å². The first-order valence-electron chi connectivity index (χ1n) is 7.19. The average Bonchev–Trinajstić information content (AvgIpc) is 2.47. The molecule has 1 amide bonds. The van der Waals surface area contributed by atoms with E-state index in [0.29, 0.717) is 23.7 Å². The van der Waals surface area contributed by atoms with Crippen molar-refractivity contribution in [2.24, 2.45) is 5.92 Å². The van der Waals surface area contributed by atoms with E-state index in [-0.39, 0.29) is 12.5 Å². The standard InChI is InChI=1S/C15H23N3O2/c1-2-17-15(20)12-5-6-14(13(16)8-12)18-7-3-4-11(9-18)10-19/h5-6,8,11,19H,2-4,7,9-10,16H2,1H3,(H,17,20). The van der Waals surface area contributed by atoms with Gasteiger partial charge < -0.3 is 21.1 Å². The predicted molar refractivity (Wildman–Crippen MR) is 80.9 cm³/mol. The third kappa shape index (κ3) is 3.22. The zero-order valence-corrected chi connectivity index (χ0v) is 11.9. The van der Waals surface area contributed by atoms with Gasteiger partial charge in [-0.1, -0.05) is 0 Å². The molecule has 1 saturated heterocycles. The van der Waals surface area contributed by atoms with E-state index in [1.807, 2.05) is 13.0 Å².